The van der Waals surface area contributed by atoms with Gasteiger partial charge in [-0.2, -0.15) is 0 Å². The summed E-state index contributed by atoms with van der Waals surface area (Å²) in [6, 6.07) is 0. The number of unbranched alkanes of at least 4 members (excludes halogenated alkanes) is 12. The molecule has 0 aromatic carbocycles. The highest BCUT2D eigenvalue weighted by atomic mass is 31.2. The van der Waals surface area contributed by atoms with Crippen molar-refractivity contribution < 1.29 is 52.6 Å². The lowest BCUT2D eigenvalue weighted by atomic mass is 9.88. The zero-order valence-corrected chi connectivity index (χ0v) is 32.9. The van der Waals surface area contributed by atoms with Crippen LogP contribution in [0.2, 0.25) is 0 Å². The van der Waals surface area contributed by atoms with Crippen molar-refractivity contribution in [1.82, 2.24) is 0 Å². The summed E-state index contributed by atoms with van der Waals surface area (Å²) >= 11 is 0. The van der Waals surface area contributed by atoms with E-state index >= 15 is 0 Å². The molecule has 0 aliphatic heterocycles. The van der Waals surface area contributed by atoms with E-state index in [9.17, 15) is 34.1 Å². The number of rotatable bonds is 33. The molecule has 0 radical (unpaired) electrons. The van der Waals surface area contributed by atoms with Crippen LogP contribution in [0, 0.1) is 11.8 Å². The van der Waals surface area contributed by atoms with Crippen LogP contribution in [0.5, 0.6) is 0 Å². The van der Waals surface area contributed by atoms with Crippen molar-refractivity contribution in [1.29, 1.82) is 0 Å². The Morgan fingerprint density at radius 3 is 2.19 bits per heavy atom. The number of aliphatic hydroxyl groups excluding tert-OH is 2. The Morgan fingerprint density at radius 2 is 1.50 bits per heavy atom. The number of esters is 2. The van der Waals surface area contributed by atoms with Crippen LogP contribution >= 0.6 is 7.82 Å². The molecule has 6 atom stereocenters. The molecular formula is C39H70NO11P. The molecule has 1 aliphatic carbocycles. The van der Waals surface area contributed by atoms with Crippen LogP contribution in [0.4, 0.5) is 0 Å². The first kappa shape index (κ1) is 48.1. The van der Waals surface area contributed by atoms with Crippen LogP contribution in [0.1, 0.15) is 149 Å². The quantitative estimate of drug-likeness (QED) is 0.0224. The van der Waals surface area contributed by atoms with E-state index in [2.05, 4.69) is 26.0 Å². The van der Waals surface area contributed by atoms with E-state index in [0.29, 0.717) is 32.1 Å². The Bertz CT molecular complexity index is 1070. The predicted octanol–water partition coefficient (Wildman–Crippen LogP) is 7.41. The topological polar surface area (TPSA) is 192 Å². The van der Waals surface area contributed by atoms with Crippen molar-refractivity contribution in [2.24, 2.45) is 17.6 Å². The molecule has 1 unspecified atom stereocenters. The molecule has 0 heterocycles. The highest BCUT2D eigenvalue weighted by Crippen LogP contribution is 2.43. The molecule has 0 aromatic rings. The molecule has 0 bridgehead atoms. The van der Waals surface area contributed by atoms with E-state index in [1.165, 1.54) is 12.8 Å². The lowest BCUT2D eigenvalue weighted by Gasteiger charge is -2.20. The lowest BCUT2D eigenvalue weighted by molar-refractivity contribution is -0.161. The van der Waals surface area contributed by atoms with Crippen molar-refractivity contribution in [2.45, 2.75) is 167 Å². The van der Waals surface area contributed by atoms with Crippen LogP contribution in [0.15, 0.2) is 24.3 Å². The van der Waals surface area contributed by atoms with E-state index in [0.717, 1.165) is 70.6 Å². The van der Waals surface area contributed by atoms with E-state index in [-0.39, 0.29) is 50.7 Å². The number of carbonyl (C=O) groups excluding carboxylic acids is 3. The third kappa shape index (κ3) is 24.4. The molecular weight excluding hydrogens is 689 g/mol. The summed E-state index contributed by atoms with van der Waals surface area (Å²) in [5.41, 5.74) is 5.33. The monoisotopic (exact) mass is 759 g/mol. The number of Topliss-reactive ketones (excluding diaryl/α,β-unsaturated/α-hetero) is 1. The molecule has 1 fully saturated rings. The maximum Gasteiger partial charge on any atom is 0.472 e. The van der Waals surface area contributed by atoms with Gasteiger partial charge in [0.1, 0.15) is 12.4 Å². The molecule has 0 amide bonds. The van der Waals surface area contributed by atoms with Gasteiger partial charge >= 0.3 is 19.8 Å². The van der Waals surface area contributed by atoms with Crippen LogP contribution < -0.4 is 5.73 Å². The second-order valence-electron chi connectivity index (χ2n) is 13.9. The van der Waals surface area contributed by atoms with Crippen LogP contribution in [0.25, 0.3) is 0 Å². The largest absolute Gasteiger partial charge is 0.472 e. The SMILES string of the molecule is CCCC/C=C\CCCCCCCC(=O)OC[C@H](COP(=O)(O)OCCN)OC(=O)CCCCCC[C@H]1[C@@H](O)CC(=O)[C@@H]1/C=C/[C@@H](O)CCCCC. The molecule has 302 valence electrons. The predicted molar refractivity (Wildman–Crippen MR) is 202 cm³/mol. The first-order valence-corrected chi connectivity index (χ1v) is 21.4. The van der Waals surface area contributed by atoms with Crippen molar-refractivity contribution >= 4 is 25.5 Å². The van der Waals surface area contributed by atoms with Gasteiger partial charge in [-0.25, -0.2) is 4.57 Å². The van der Waals surface area contributed by atoms with Gasteiger partial charge in [0.15, 0.2) is 6.10 Å². The Hall–Kier alpha value is -1.92. The number of carbonyl (C=O) groups is 3. The summed E-state index contributed by atoms with van der Waals surface area (Å²) in [5.74, 6) is -1.59. The van der Waals surface area contributed by atoms with E-state index < -0.39 is 50.6 Å². The first-order valence-electron chi connectivity index (χ1n) is 19.9. The fourth-order valence-electron chi connectivity index (χ4n) is 6.17. The zero-order valence-electron chi connectivity index (χ0n) is 32.0. The number of ether oxygens (including phenoxy) is 2. The minimum Gasteiger partial charge on any atom is -0.462 e. The van der Waals surface area contributed by atoms with Gasteiger partial charge in [0.05, 0.1) is 25.4 Å². The number of allylic oxidation sites excluding steroid dienone is 3. The molecule has 12 nitrogen and oxygen atoms in total. The summed E-state index contributed by atoms with van der Waals surface area (Å²) in [7, 11) is -4.44. The molecule has 0 spiro atoms. The molecule has 1 aliphatic rings. The first-order chi connectivity index (χ1) is 25.0. The van der Waals surface area contributed by atoms with Gasteiger partial charge in [-0.05, 0) is 50.9 Å². The Morgan fingerprint density at radius 1 is 0.865 bits per heavy atom. The number of phosphoric ester groups is 1. The normalized spacial score (nSPS) is 20.0. The smallest absolute Gasteiger partial charge is 0.462 e. The summed E-state index contributed by atoms with van der Waals surface area (Å²) < 4.78 is 32.6. The third-order valence-corrected chi connectivity index (χ3v) is 10.2. The highest BCUT2D eigenvalue weighted by Gasteiger charge is 2.39. The molecule has 0 saturated heterocycles. The number of hydrogen-bond acceptors (Lipinski definition) is 11. The molecule has 13 heteroatoms. The maximum absolute atomic E-state index is 12.7. The lowest BCUT2D eigenvalue weighted by Crippen LogP contribution is -2.29. The Labute approximate surface area is 312 Å². The summed E-state index contributed by atoms with van der Waals surface area (Å²) in [6.07, 6.45) is 22.6. The minimum atomic E-state index is -4.44. The third-order valence-electron chi connectivity index (χ3n) is 9.22. The van der Waals surface area contributed by atoms with Gasteiger partial charge in [0.2, 0.25) is 0 Å². The fourth-order valence-corrected chi connectivity index (χ4v) is 6.93. The molecule has 52 heavy (non-hydrogen) atoms. The number of hydrogen-bond donors (Lipinski definition) is 4. The summed E-state index contributed by atoms with van der Waals surface area (Å²) in [5, 5.41) is 20.7. The second-order valence-corrected chi connectivity index (χ2v) is 15.4. The Kier molecular flexibility index (Phi) is 28.1. The van der Waals surface area contributed by atoms with Crippen molar-refractivity contribution in [2.75, 3.05) is 26.4 Å². The minimum absolute atomic E-state index is 0.00270. The second kappa shape index (κ2) is 30.4. The average Bonchev–Trinajstić information content (AvgIpc) is 3.38. The van der Waals surface area contributed by atoms with Crippen LogP contribution in [0.3, 0.4) is 0 Å². The van der Waals surface area contributed by atoms with E-state index in [1.54, 1.807) is 12.2 Å². The fraction of sp³-hybridized carbons (Fsp3) is 0.821. The van der Waals surface area contributed by atoms with Crippen molar-refractivity contribution in [3.8, 4) is 0 Å². The summed E-state index contributed by atoms with van der Waals surface area (Å²) in [4.78, 5) is 47.4. The van der Waals surface area contributed by atoms with E-state index in [4.69, 9.17) is 24.3 Å². The number of nitrogens with two attached hydrogens (primary N) is 1. The zero-order chi connectivity index (χ0) is 38.5. The van der Waals surface area contributed by atoms with Gasteiger partial charge in [-0.15, -0.1) is 0 Å². The maximum atomic E-state index is 12.7. The molecule has 1 saturated carbocycles. The number of phosphoric acid groups is 1. The molecule has 1 rings (SSSR count). The Balaban J connectivity index is 2.44. The van der Waals surface area contributed by atoms with E-state index in [1.807, 2.05) is 0 Å². The van der Waals surface area contributed by atoms with Gasteiger partial charge in [-0.1, -0.05) is 109 Å². The highest BCUT2D eigenvalue weighted by molar-refractivity contribution is 7.47. The van der Waals surface area contributed by atoms with Gasteiger partial charge in [0.25, 0.3) is 0 Å². The van der Waals surface area contributed by atoms with Crippen molar-refractivity contribution in [3.63, 3.8) is 0 Å². The average molecular weight is 760 g/mol. The standard InChI is InChI=1S/C39H70NO11P/c1-3-5-7-8-9-10-11-12-13-14-19-23-38(44)48-30-33(31-50-52(46,47)49-28-27-40)51-39(45)24-20-16-15-18-22-34-35(37(43)29-36(34)42)26-25-32(41)21-17-6-4-2/h8-9,25-26,32-36,41-42H,3-7,10-24,27-31,40H2,1-2H3,(H,46,47)/b9-8-,26-25+/t32-,33+,34+,35+,36-/m0/s1. The number of ketones is 1. The van der Waals surface area contributed by atoms with Crippen LogP contribution in [-0.2, 0) is 37.5 Å². The van der Waals surface area contributed by atoms with Crippen LogP contribution in [-0.4, -0.2) is 77.5 Å². The number of aliphatic hydroxyl groups is 2. The molecule has 0 aromatic heterocycles. The summed E-state index contributed by atoms with van der Waals surface area (Å²) in [6.45, 7) is 3.28. The van der Waals surface area contributed by atoms with Gasteiger partial charge in [-0.3, -0.25) is 23.4 Å². The van der Waals surface area contributed by atoms with Gasteiger partial charge < -0.3 is 30.3 Å². The molecule has 5 N–H and O–H groups in total. The van der Waals surface area contributed by atoms with Crippen molar-refractivity contribution in [3.05, 3.63) is 24.3 Å². The van der Waals surface area contributed by atoms with Gasteiger partial charge in [0, 0.05) is 31.7 Å².